The summed E-state index contributed by atoms with van der Waals surface area (Å²) in [6, 6.07) is 5.20. The van der Waals surface area contributed by atoms with Crippen LogP contribution in [0.4, 0.5) is 0 Å². The summed E-state index contributed by atoms with van der Waals surface area (Å²) < 4.78 is 1.42. The maximum Gasteiger partial charge on any atom is 0.358 e. The summed E-state index contributed by atoms with van der Waals surface area (Å²) in [5.41, 5.74) is -0.339. The number of carbonyl (C=O) groups is 1. The molecular formula is C14H18N4O3. The van der Waals surface area contributed by atoms with Crippen LogP contribution in [0.1, 0.15) is 37.2 Å². The lowest BCUT2D eigenvalue weighted by atomic mass is 9.97. The number of aromatic carboxylic acids is 1. The molecule has 0 aromatic carbocycles. The van der Waals surface area contributed by atoms with Crippen LogP contribution in [-0.2, 0) is 6.54 Å². The summed E-state index contributed by atoms with van der Waals surface area (Å²) in [5, 5.41) is 27.3. The standard InChI is InChI=1S/C14H18N4O3/c1-3-14(21,4-2)9-18-12(10-7-5-6-8-15-10)11(13(19)20)16-17-18/h5-8,21H,3-4,9H2,1-2H3,(H,19,20). The van der Waals surface area contributed by atoms with Gasteiger partial charge in [-0.2, -0.15) is 0 Å². The van der Waals surface area contributed by atoms with E-state index in [4.69, 9.17) is 0 Å². The van der Waals surface area contributed by atoms with Gasteiger partial charge in [0.15, 0.2) is 5.69 Å². The van der Waals surface area contributed by atoms with E-state index in [0.717, 1.165) is 0 Å². The van der Waals surface area contributed by atoms with E-state index < -0.39 is 11.6 Å². The fourth-order valence-corrected chi connectivity index (χ4v) is 2.08. The van der Waals surface area contributed by atoms with Crippen LogP contribution in [0.15, 0.2) is 24.4 Å². The summed E-state index contributed by atoms with van der Waals surface area (Å²) in [5.74, 6) is -1.17. The van der Waals surface area contributed by atoms with Gasteiger partial charge in [0.1, 0.15) is 5.69 Å². The highest BCUT2D eigenvalue weighted by Gasteiger charge is 2.28. The normalized spacial score (nSPS) is 11.6. The number of carboxylic acids is 1. The molecule has 21 heavy (non-hydrogen) atoms. The summed E-state index contributed by atoms with van der Waals surface area (Å²) >= 11 is 0. The number of hydrogen-bond acceptors (Lipinski definition) is 5. The van der Waals surface area contributed by atoms with Gasteiger partial charge in [-0.3, -0.25) is 4.98 Å². The third-order valence-electron chi connectivity index (χ3n) is 3.61. The van der Waals surface area contributed by atoms with Crippen molar-refractivity contribution in [2.24, 2.45) is 0 Å². The van der Waals surface area contributed by atoms with Gasteiger partial charge in [0.2, 0.25) is 0 Å². The van der Waals surface area contributed by atoms with Gasteiger partial charge < -0.3 is 10.2 Å². The molecule has 0 fully saturated rings. The first-order chi connectivity index (χ1) is 10.0. The van der Waals surface area contributed by atoms with Gasteiger partial charge in [0.05, 0.1) is 17.8 Å². The number of hydrogen-bond donors (Lipinski definition) is 2. The van der Waals surface area contributed by atoms with Gasteiger partial charge in [-0.15, -0.1) is 5.10 Å². The first-order valence-corrected chi connectivity index (χ1v) is 6.81. The fourth-order valence-electron chi connectivity index (χ4n) is 2.08. The maximum absolute atomic E-state index is 11.3. The molecule has 0 radical (unpaired) electrons. The van der Waals surface area contributed by atoms with Crippen LogP contribution < -0.4 is 0 Å². The Kier molecular flexibility index (Phi) is 4.32. The molecule has 0 aliphatic carbocycles. The van der Waals surface area contributed by atoms with Gasteiger partial charge in [-0.05, 0) is 25.0 Å². The highest BCUT2D eigenvalue weighted by atomic mass is 16.4. The lowest BCUT2D eigenvalue weighted by Crippen LogP contribution is -2.33. The molecule has 0 bridgehead atoms. The SMILES string of the molecule is CCC(O)(CC)Cn1nnc(C(=O)O)c1-c1ccccn1. The predicted molar refractivity (Wildman–Crippen MR) is 75.7 cm³/mol. The monoisotopic (exact) mass is 290 g/mol. The number of aliphatic hydroxyl groups is 1. The predicted octanol–water partition coefficient (Wildman–Crippen LogP) is 1.59. The van der Waals surface area contributed by atoms with Crippen molar-refractivity contribution in [2.45, 2.75) is 38.8 Å². The molecule has 7 heteroatoms. The molecule has 0 atom stereocenters. The molecule has 2 aromatic heterocycles. The molecular weight excluding hydrogens is 272 g/mol. The second-order valence-electron chi connectivity index (χ2n) is 4.90. The minimum Gasteiger partial charge on any atom is -0.476 e. The van der Waals surface area contributed by atoms with E-state index in [1.165, 1.54) is 4.68 Å². The second kappa shape index (κ2) is 6.01. The first-order valence-electron chi connectivity index (χ1n) is 6.81. The molecule has 0 saturated heterocycles. The van der Waals surface area contributed by atoms with Crippen molar-refractivity contribution < 1.29 is 15.0 Å². The Balaban J connectivity index is 2.51. The minimum absolute atomic E-state index is 0.164. The largest absolute Gasteiger partial charge is 0.476 e. The van der Waals surface area contributed by atoms with Crippen molar-refractivity contribution >= 4 is 5.97 Å². The van der Waals surface area contributed by atoms with Crippen LogP contribution in [0.2, 0.25) is 0 Å². The first kappa shape index (κ1) is 15.1. The van der Waals surface area contributed by atoms with Gasteiger partial charge in [0, 0.05) is 6.20 Å². The third kappa shape index (κ3) is 3.08. The fraction of sp³-hybridized carbons (Fsp3) is 0.429. The van der Waals surface area contributed by atoms with Crippen LogP contribution in [0.3, 0.4) is 0 Å². The number of nitrogens with zero attached hydrogens (tertiary/aromatic N) is 4. The molecule has 7 nitrogen and oxygen atoms in total. The van der Waals surface area contributed by atoms with Gasteiger partial charge in [-0.1, -0.05) is 25.1 Å². The van der Waals surface area contributed by atoms with Crippen molar-refractivity contribution in [3.63, 3.8) is 0 Å². The zero-order chi connectivity index (χ0) is 15.5. The van der Waals surface area contributed by atoms with Crippen LogP contribution in [0, 0.1) is 0 Å². The van der Waals surface area contributed by atoms with E-state index in [-0.39, 0.29) is 12.2 Å². The highest BCUT2D eigenvalue weighted by molar-refractivity contribution is 5.92. The average Bonchev–Trinajstić information content (AvgIpc) is 2.91. The molecule has 0 aliphatic rings. The van der Waals surface area contributed by atoms with Crippen LogP contribution in [0.5, 0.6) is 0 Å². The third-order valence-corrected chi connectivity index (χ3v) is 3.61. The van der Waals surface area contributed by atoms with Gasteiger partial charge in [0.25, 0.3) is 0 Å². The van der Waals surface area contributed by atoms with Crippen LogP contribution in [0.25, 0.3) is 11.4 Å². The number of carboxylic acid groups (broad SMARTS) is 1. The summed E-state index contributed by atoms with van der Waals surface area (Å²) in [7, 11) is 0. The zero-order valence-electron chi connectivity index (χ0n) is 12.0. The van der Waals surface area contributed by atoms with Gasteiger partial charge in [-0.25, -0.2) is 9.48 Å². The second-order valence-corrected chi connectivity index (χ2v) is 4.90. The van der Waals surface area contributed by atoms with Crippen molar-refractivity contribution in [3.05, 3.63) is 30.1 Å². The maximum atomic E-state index is 11.3. The average molecular weight is 290 g/mol. The molecule has 0 spiro atoms. The summed E-state index contributed by atoms with van der Waals surface area (Å²) in [4.78, 5) is 15.5. The van der Waals surface area contributed by atoms with Gasteiger partial charge >= 0.3 is 5.97 Å². The molecule has 2 rings (SSSR count). The minimum atomic E-state index is -1.17. The lowest BCUT2D eigenvalue weighted by Gasteiger charge is -2.25. The van der Waals surface area contributed by atoms with Crippen LogP contribution >= 0.6 is 0 Å². The Hall–Kier alpha value is -2.28. The highest BCUT2D eigenvalue weighted by Crippen LogP contribution is 2.24. The number of rotatable bonds is 6. The van der Waals surface area contributed by atoms with E-state index in [1.807, 2.05) is 13.8 Å². The topological polar surface area (TPSA) is 101 Å². The molecule has 2 N–H and O–H groups in total. The molecule has 112 valence electrons. The van der Waals surface area contributed by atoms with Crippen molar-refractivity contribution in [1.29, 1.82) is 0 Å². The van der Waals surface area contributed by atoms with E-state index in [9.17, 15) is 15.0 Å². The van der Waals surface area contributed by atoms with E-state index in [0.29, 0.717) is 24.2 Å². The Morgan fingerprint density at radius 1 is 1.33 bits per heavy atom. The van der Waals surface area contributed by atoms with Crippen molar-refractivity contribution in [2.75, 3.05) is 0 Å². The molecule has 0 aliphatic heterocycles. The summed E-state index contributed by atoms with van der Waals surface area (Å²) in [6.45, 7) is 3.92. The number of pyridine rings is 1. The van der Waals surface area contributed by atoms with E-state index in [1.54, 1.807) is 24.4 Å². The molecule has 2 heterocycles. The molecule has 0 amide bonds. The molecule has 0 saturated carbocycles. The van der Waals surface area contributed by atoms with Crippen LogP contribution in [-0.4, -0.2) is 41.8 Å². The smallest absolute Gasteiger partial charge is 0.358 e. The quantitative estimate of drug-likeness (QED) is 0.837. The van der Waals surface area contributed by atoms with Crippen molar-refractivity contribution in [3.8, 4) is 11.4 Å². The lowest BCUT2D eigenvalue weighted by molar-refractivity contribution is 0.0118. The summed E-state index contributed by atoms with van der Waals surface area (Å²) in [6.07, 6.45) is 2.64. The zero-order valence-corrected chi connectivity index (χ0v) is 12.0. The molecule has 0 unspecified atom stereocenters. The Morgan fingerprint density at radius 2 is 2.05 bits per heavy atom. The molecule has 2 aromatic rings. The number of aromatic nitrogens is 4. The Labute approximate surface area is 122 Å². The Morgan fingerprint density at radius 3 is 2.57 bits per heavy atom. The van der Waals surface area contributed by atoms with Crippen molar-refractivity contribution in [1.82, 2.24) is 20.0 Å². The van der Waals surface area contributed by atoms with E-state index >= 15 is 0 Å². The van der Waals surface area contributed by atoms with E-state index in [2.05, 4.69) is 15.3 Å². The Bertz CT molecular complexity index is 620.